The minimum Gasteiger partial charge on any atom is -0.446 e. The van der Waals surface area contributed by atoms with E-state index in [1.54, 1.807) is 30.5 Å². The van der Waals surface area contributed by atoms with Crippen molar-refractivity contribution in [2.24, 2.45) is 11.3 Å². The fourth-order valence-electron chi connectivity index (χ4n) is 8.92. The van der Waals surface area contributed by atoms with E-state index in [0.29, 0.717) is 23.7 Å². The minimum absolute atomic E-state index is 0.0785. The number of carbonyl (C=O) groups excluding carboxylic acids is 4. The molecule has 2 saturated carbocycles. The van der Waals surface area contributed by atoms with Gasteiger partial charge >= 0.3 is 6.09 Å². The van der Waals surface area contributed by atoms with Gasteiger partial charge in [-0.15, -0.1) is 17.9 Å². The molecule has 4 aromatic rings. The number of likely N-dealkylation sites (tertiary alicyclic amines) is 1. The third-order valence-corrected chi connectivity index (χ3v) is 15.1. The summed E-state index contributed by atoms with van der Waals surface area (Å²) in [5, 5.41) is 8.12. The van der Waals surface area contributed by atoms with Gasteiger partial charge in [0.15, 0.2) is 0 Å². The number of hydrogen-bond acceptors (Lipinski definition) is 10. The highest BCUT2D eigenvalue weighted by atomic mass is 32.2. The second-order valence-corrected chi connectivity index (χ2v) is 20.3. The molecule has 2 aromatic heterocycles. The summed E-state index contributed by atoms with van der Waals surface area (Å²) in [5.74, 6) is -2.47. The topological polar surface area (TPSA) is 167 Å². The lowest BCUT2D eigenvalue weighted by molar-refractivity contribution is -0.142. The summed E-state index contributed by atoms with van der Waals surface area (Å²) in [6.07, 6.45) is 6.11. The number of amides is 4. The molecule has 4 heterocycles. The molecular formula is C44H50N6O7S2. The van der Waals surface area contributed by atoms with Gasteiger partial charge in [-0.2, -0.15) is 0 Å². The van der Waals surface area contributed by atoms with E-state index in [1.165, 1.54) is 22.4 Å². The Bertz CT molecular complexity index is 2370. The van der Waals surface area contributed by atoms with Crippen LogP contribution in [-0.2, 0) is 42.2 Å². The molecule has 15 heteroatoms. The number of alkyl carbamates (subject to hydrolysis) is 1. The molecule has 0 bridgehead atoms. The van der Waals surface area contributed by atoms with Gasteiger partial charge in [-0.25, -0.2) is 17.9 Å². The van der Waals surface area contributed by atoms with E-state index in [0.717, 1.165) is 53.5 Å². The summed E-state index contributed by atoms with van der Waals surface area (Å²) in [4.78, 5) is 65.5. The molecule has 0 radical (unpaired) electrons. The first-order valence-electron chi connectivity index (χ1n) is 20.2. The van der Waals surface area contributed by atoms with Crippen molar-refractivity contribution >= 4 is 55.9 Å². The van der Waals surface area contributed by atoms with Crippen LogP contribution in [0.15, 0.2) is 89.8 Å². The van der Waals surface area contributed by atoms with Crippen molar-refractivity contribution in [2.45, 2.75) is 106 Å². The van der Waals surface area contributed by atoms with Crippen LogP contribution in [0.1, 0.15) is 70.4 Å². The van der Waals surface area contributed by atoms with Gasteiger partial charge in [-0.1, -0.05) is 69.3 Å². The average molecular weight is 839 g/mol. The van der Waals surface area contributed by atoms with Gasteiger partial charge in [0.05, 0.1) is 10.6 Å². The number of thiophene rings is 1. The summed E-state index contributed by atoms with van der Waals surface area (Å²) in [6.45, 7) is 10.8. The summed E-state index contributed by atoms with van der Waals surface area (Å²) in [6, 6.07) is 18.5. The molecular weight excluding hydrogens is 789 g/mol. The Balaban J connectivity index is 1.05. The predicted octanol–water partition coefficient (Wildman–Crippen LogP) is 5.90. The van der Waals surface area contributed by atoms with Crippen LogP contribution in [0.25, 0.3) is 21.3 Å². The molecule has 59 heavy (non-hydrogen) atoms. The second-order valence-electron chi connectivity index (χ2n) is 17.3. The first kappa shape index (κ1) is 40.7. The van der Waals surface area contributed by atoms with E-state index in [1.807, 2.05) is 32.9 Å². The maximum atomic E-state index is 14.8. The Morgan fingerprint density at radius 3 is 2.32 bits per heavy atom. The molecule has 3 fully saturated rings. The minimum atomic E-state index is -4.33. The van der Waals surface area contributed by atoms with Crippen LogP contribution in [0.5, 0.6) is 0 Å². The Kier molecular flexibility index (Phi) is 10.9. The fourth-order valence-corrected chi connectivity index (χ4v) is 11.2. The number of ether oxygens (including phenoxy) is 1. The van der Waals surface area contributed by atoms with Crippen molar-refractivity contribution in [3.05, 3.63) is 96.7 Å². The first-order valence-corrected chi connectivity index (χ1v) is 22.5. The zero-order chi connectivity index (χ0) is 41.7. The van der Waals surface area contributed by atoms with Gasteiger partial charge in [0, 0.05) is 37.8 Å². The number of pyridine rings is 1. The number of rotatable bonds is 11. The van der Waals surface area contributed by atoms with E-state index in [4.69, 9.17) is 4.74 Å². The van der Waals surface area contributed by atoms with Gasteiger partial charge < -0.3 is 20.3 Å². The van der Waals surface area contributed by atoms with Crippen LogP contribution >= 0.6 is 11.3 Å². The smallest absolute Gasteiger partial charge is 0.408 e. The van der Waals surface area contributed by atoms with E-state index < -0.39 is 62.8 Å². The molecule has 0 spiro atoms. The first-order chi connectivity index (χ1) is 28.2. The number of benzene rings is 2. The van der Waals surface area contributed by atoms with E-state index in [-0.39, 0.29) is 35.7 Å². The van der Waals surface area contributed by atoms with Crippen LogP contribution < -0.4 is 15.4 Å². The summed E-state index contributed by atoms with van der Waals surface area (Å²) in [5.41, 5.74) is 0.535. The zero-order valence-electron chi connectivity index (χ0n) is 33.5. The lowest BCUT2D eigenvalue weighted by Crippen LogP contribution is -2.60. The standard InChI is InChI=1S/C44H50N6O7S2/c1-5-30-23-44(30,41(53)48-59(55,56)36-20-19-35(58-36)33-18-8-9-21-45-33)47-39(51)34-22-31(49-24-28-14-10-12-27-13-11-15-29(25-49)37(27)28)26-50(34)40(52)38(43(2,3)4)46-42(54)57-32-16-6-7-17-32/h5,8-15,18-21,30-32,34,38H,1,6-7,16-17,22-26H2,2-4H3,(H,46,54)(H,47,51)(H,48,53)/t30-,31-,34+,38-,44-/m1/s1. The van der Waals surface area contributed by atoms with Crippen LogP contribution in [-0.4, -0.2) is 83.3 Å². The van der Waals surface area contributed by atoms with Crippen molar-refractivity contribution in [3.63, 3.8) is 0 Å². The SMILES string of the molecule is C=C[C@@H]1C[C@]1(NC(=O)[C@@H]1C[C@@H](N2Cc3cccc4cccc(c34)C2)CN1C(=O)[C@@H](NC(=O)OC1CCCC1)C(C)(C)C)C(=O)NS(=O)(=O)c1ccc(-c2ccccn2)s1. The Morgan fingerprint density at radius 2 is 1.69 bits per heavy atom. The molecule has 2 aliphatic heterocycles. The Morgan fingerprint density at radius 1 is 0.983 bits per heavy atom. The third-order valence-electron chi connectivity index (χ3n) is 12.2. The van der Waals surface area contributed by atoms with Gasteiger partial charge in [0.1, 0.15) is 27.9 Å². The number of sulfonamides is 1. The molecule has 8 rings (SSSR count). The monoisotopic (exact) mass is 838 g/mol. The Hall–Kier alpha value is -5.12. The van der Waals surface area contributed by atoms with Crippen LogP contribution in [0.3, 0.4) is 0 Å². The summed E-state index contributed by atoms with van der Waals surface area (Å²) >= 11 is 0.975. The lowest BCUT2D eigenvalue weighted by Gasteiger charge is -2.36. The van der Waals surface area contributed by atoms with Crippen LogP contribution in [0.4, 0.5) is 4.79 Å². The van der Waals surface area contributed by atoms with Gasteiger partial charge in [0.25, 0.3) is 15.9 Å². The molecule has 2 aliphatic carbocycles. The van der Waals surface area contributed by atoms with E-state index in [2.05, 4.69) is 56.1 Å². The van der Waals surface area contributed by atoms with Crippen LogP contribution in [0, 0.1) is 11.3 Å². The number of carbonyl (C=O) groups is 4. The molecule has 1 saturated heterocycles. The van der Waals surface area contributed by atoms with Crippen molar-refractivity contribution in [3.8, 4) is 10.6 Å². The normalized spacial score (nSPS) is 23.7. The van der Waals surface area contributed by atoms with E-state index >= 15 is 0 Å². The lowest BCUT2D eigenvalue weighted by atomic mass is 9.85. The molecule has 5 atom stereocenters. The molecule has 0 unspecified atom stereocenters. The van der Waals surface area contributed by atoms with Gasteiger partial charge in [0.2, 0.25) is 11.8 Å². The van der Waals surface area contributed by atoms with Crippen molar-refractivity contribution in [2.75, 3.05) is 6.54 Å². The molecule has 3 N–H and O–H groups in total. The Labute approximate surface area is 348 Å². The highest BCUT2D eigenvalue weighted by Crippen LogP contribution is 2.46. The van der Waals surface area contributed by atoms with E-state index in [9.17, 15) is 27.6 Å². The molecule has 4 amide bonds. The third kappa shape index (κ3) is 8.12. The van der Waals surface area contributed by atoms with Crippen LogP contribution in [0.2, 0.25) is 0 Å². The molecule has 310 valence electrons. The maximum Gasteiger partial charge on any atom is 0.408 e. The van der Waals surface area contributed by atoms with Gasteiger partial charge in [-0.3, -0.25) is 24.3 Å². The van der Waals surface area contributed by atoms with Crippen molar-refractivity contribution in [1.82, 2.24) is 30.1 Å². The average Bonchev–Trinajstić information content (AvgIpc) is 3.68. The molecule has 4 aliphatic rings. The quantitative estimate of drug-likeness (QED) is 0.156. The highest BCUT2D eigenvalue weighted by molar-refractivity contribution is 7.92. The van der Waals surface area contributed by atoms with Gasteiger partial charge in [-0.05, 0) is 90.1 Å². The number of nitrogens with zero attached hydrogens (tertiary/aromatic N) is 3. The summed E-state index contributed by atoms with van der Waals surface area (Å²) < 4.78 is 35.0. The molecule has 2 aromatic carbocycles. The van der Waals surface area contributed by atoms with Crippen molar-refractivity contribution in [1.29, 1.82) is 0 Å². The molecule has 13 nitrogen and oxygen atoms in total. The number of aromatic nitrogens is 1. The number of nitrogens with one attached hydrogen (secondary N) is 3. The predicted molar refractivity (Wildman–Crippen MR) is 224 cm³/mol. The highest BCUT2D eigenvalue weighted by Gasteiger charge is 2.61. The fraction of sp³-hybridized carbons (Fsp3) is 0.432. The second kappa shape index (κ2) is 15.8. The largest absolute Gasteiger partial charge is 0.446 e. The summed E-state index contributed by atoms with van der Waals surface area (Å²) in [7, 11) is -4.33. The maximum absolute atomic E-state index is 14.8. The number of hydrogen-bond donors (Lipinski definition) is 3. The zero-order valence-corrected chi connectivity index (χ0v) is 35.1. The van der Waals surface area contributed by atoms with Crippen molar-refractivity contribution < 1.29 is 32.3 Å².